The predicted molar refractivity (Wildman–Crippen MR) is 82.1 cm³/mol. The average Bonchev–Trinajstić information content (AvgIpc) is 2.74. The molecule has 2 N–H and O–H groups in total. The SMILES string of the molecule is CCS(=O)(=O)N1CCN(C2(CN)CCCCCC2)CC1. The highest BCUT2D eigenvalue weighted by Crippen LogP contribution is 2.32. The van der Waals surface area contributed by atoms with Gasteiger partial charge >= 0.3 is 0 Å². The molecule has 0 aromatic carbocycles. The molecule has 1 aliphatic carbocycles. The fourth-order valence-electron chi connectivity index (χ4n) is 3.66. The zero-order valence-electron chi connectivity index (χ0n) is 12.7. The number of rotatable bonds is 4. The molecule has 0 radical (unpaired) electrons. The third-order valence-corrected chi connectivity index (χ3v) is 6.96. The van der Waals surface area contributed by atoms with Crippen molar-refractivity contribution >= 4 is 10.0 Å². The van der Waals surface area contributed by atoms with Gasteiger partial charge in [-0.2, -0.15) is 4.31 Å². The van der Waals surface area contributed by atoms with Gasteiger partial charge in [-0.1, -0.05) is 25.7 Å². The highest BCUT2D eigenvalue weighted by atomic mass is 32.2. The Bertz CT molecular complexity index is 395. The number of piperazine rings is 1. The molecule has 1 heterocycles. The van der Waals surface area contributed by atoms with Crippen LogP contribution in [0.25, 0.3) is 0 Å². The van der Waals surface area contributed by atoms with Crippen molar-refractivity contribution in [3.05, 3.63) is 0 Å². The molecule has 118 valence electrons. The lowest BCUT2D eigenvalue weighted by Gasteiger charge is -2.47. The van der Waals surface area contributed by atoms with Crippen molar-refractivity contribution in [3.63, 3.8) is 0 Å². The van der Waals surface area contributed by atoms with E-state index in [0.717, 1.165) is 13.1 Å². The van der Waals surface area contributed by atoms with Crippen LogP contribution in [0.5, 0.6) is 0 Å². The Morgan fingerprint density at radius 2 is 1.55 bits per heavy atom. The Morgan fingerprint density at radius 1 is 1.00 bits per heavy atom. The molecule has 0 atom stereocenters. The van der Waals surface area contributed by atoms with E-state index in [2.05, 4.69) is 4.90 Å². The van der Waals surface area contributed by atoms with E-state index in [9.17, 15) is 8.42 Å². The van der Waals surface area contributed by atoms with Gasteiger partial charge < -0.3 is 5.73 Å². The molecule has 20 heavy (non-hydrogen) atoms. The van der Waals surface area contributed by atoms with Crippen LogP contribution in [-0.2, 0) is 10.0 Å². The fraction of sp³-hybridized carbons (Fsp3) is 1.00. The van der Waals surface area contributed by atoms with Gasteiger partial charge in [0, 0.05) is 38.3 Å². The van der Waals surface area contributed by atoms with Crippen molar-refractivity contribution in [3.8, 4) is 0 Å². The first-order chi connectivity index (χ1) is 9.54. The van der Waals surface area contributed by atoms with Gasteiger partial charge in [0.2, 0.25) is 10.0 Å². The van der Waals surface area contributed by atoms with E-state index in [1.165, 1.54) is 38.5 Å². The number of nitrogens with two attached hydrogens (primary N) is 1. The molecule has 6 heteroatoms. The van der Waals surface area contributed by atoms with Crippen molar-refractivity contribution in [2.45, 2.75) is 51.0 Å². The summed E-state index contributed by atoms with van der Waals surface area (Å²) in [5, 5.41) is 0. The van der Waals surface area contributed by atoms with Gasteiger partial charge in [0.05, 0.1) is 5.75 Å². The molecular formula is C14H29N3O2S. The minimum Gasteiger partial charge on any atom is -0.329 e. The highest BCUT2D eigenvalue weighted by Gasteiger charge is 2.38. The summed E-state index contributed by atoms with van der Waals surface area (Å²) in [7, 11) is -3.03. The van der Waals surface area contributed by atoms with Crippen molar-refractivity contribution in [2.24, 2.45) is 5.73 Å². The first-order valence-electron chi connectivity index (χ1n) is 7.97. The first-order valence-corrected chi connectivity index (χ1v) is 9.58. The van der Waals surface area contributed by atoms with Crippen LogP contribution in [0, 0.1) is 0 Å². The molecule has 1 saturated carbocycles. The quantitative estimate of drug-likeness (QED) is 0.787. The summed E-state index contributed by atoms with van der Waals surface area (Å²) in [6, 6.07) is 0. The normalized spacial score (nSPS) is 26.3. The maximum absolute atomic E-state index is 11.9. The molecule has 0 unspecified atom stereocenters. The standard InChI is InChI=1S/C14H29N3O2S/c1-2-20(18,19)17-11-9-16(10-12-17)14(13-15)7-5-3-4-6-8-14/h2-13,15H2,1H3. The summed E-state index contributed by atoms with van der Waals surface area (Å²) < 4.78 is 25.5. The van der Waals surface area contributed by atoms with Crippen molar-refractivity contribution in [1.82, 2.24) is 9.21 Å². The summed E-state index contributed by atoms with van der Waals surface area (Å²) in [6.07, 6.45) is 7.47. The minimum absolute atomic E-state index is 0.124. The summed E-state index contributed by atoms with van der Waals surface area (Å²) >= 11 is 0. The summed E-state index contributed by atoms with van der Waals surface area (Å²) in [5.74, 6) is 0.203. The molecule has 2 aliphatic rings. The Labute approximate surface area is 123 Å². The van der Waals surface area contributed by atoms with Gasteiger partial charge in [0.25, 0.3) is 0 Å². The largest absolute Gasteiger partial charge is 0.329 e. The molecule has 1 aliphatic heterocycles. The lowest BCUT2D eigenvalue weighted by atomic mass is 9.87. The topological polar surface area (TPSA) is 66.6 Å². The van der Waals surface area contributed by atoms with Crippen LogP contribution in [0.2, 0.25) is 0 Å². The molecule has 0 spiro atoms. The third kappa shape index (κ3) is 3.35. The Balaban J connectivity index is 2.01. The minimum atomic E-state index is -3.03. The van der Waals surface area contributed by atoms with E-state index in [0.29, 0.717) is 19.6 Å². The van der Waals surface area contributed by atoms with Gasteiger partial charge in [0.15, 0.2) is 0 Å². The van der Waals surface area contributed by atoms with E-state index < -0.39 is 10.0 Å². The van der Waals surface area contributed by atoms with Gasteiger partial charge in [0.1, 0.15) is 0 Å². The van der Waals surface area contributed by atoms with Crippen molar-refractivity contribution in [2.75, 3.05) is 38.5 Å². The Morgan fingerprint density at radius 3 is 2.00 bits per heavy atom. The summed E-state index contributed by atoms with van der Waals surface area (Å²) in [6.45, 7) is 5.32. The van der Waals surface area contributed by atoms with Crippen LogP contribution < -0.4 is 5.73 Å². The third-order valence-electron chi connectivity index (χ3n) is 5.08. The molecule has 1 saturated heterocycles. The maximum atomic E-state index is 11.9. The molecule has 5 nitrogen and oxygen atoms in total. The van der Waals surface area contributed by atoms with Gasteiger partial charge in [-0.25, -0.2) is 8.42 Å². The van der Waals surface area contributed by atoms with Gasteiger partial charge in [-0.3, -0.25) is 4.90 Å². The number of sulfonamides is 1. The van der Waals surface area contributed by atoms with E-state index in [4.69, 9.17) is 5.73 Å². The second kappa shape index (κ2) is 6.73. The van der Waals surface area contributed by atoms with Crippen LogP contribution in [-0.4, -0.2) is 61.6 Å². The zero-order chi connectivity index (χ0) is 14.6. The summed E-state index contributed by atoms with van der Waals surface area (Å²) in [4.78, 5) is 2.47. The lowest BCUT2D eigenvalue weighted by Crippen LogP contribution is -2.60. The average molecular weight is 303 g/mol. The molecule has 2 rings (SSSR count). The predicted octanol–water partition coefficient (Wildman–Crippen LogP) is 1.01. The van der Waals surface area contributed by atoms with Crippen LogP contribution >= 0.6 is 0 Å². The van der Waals surface area contributed by atoms with Crippen LogP contribution in [0.4, 0.5) is 0 Å². The fourth-order valence-corrected chi connectivity index (χ4v) is 4.74. The molecular weight excluding hydrogens is 274 g/mol. The second-order valence-electron chi connectivity index (χ2n) is 6.13. The van der Waals surface area contributed by atoms with Crippen LogP contribution in [0.1, 0.15) is 45.4 Å². The Kier molecular flexibility index (Phi) is 5.45. The smallest absolute Gasteiger partial charge is 0.213 e. The number of nitrogens with zero attached hydrogens (tertiary/aromatic N) is 2. The highest BCUT2D eigenvalue weighted by molar-refractivity contribution is 7.89. The van der Waals surface area contributed by atoms with E-state index in [-0.39, 0.29) is 11.3 Å². The maximum Gasteiger partial charge on any atom is 0.213 e. The van der Waals surface area contributed by atoms with E-state index in [1.807, 2.05) is 0 Å². The second-order valence-corrected chi connectivity index (χ2v) is 8.39. The molecule has 2 fully saturated rings. The Hall–Kier alpha value is -0.170. The van der Waals surface area contributed by atoms with Crippen LogP contribution in [0.3, 0.4) is 0 Å². The van der Waals surface area contributed by atoms with Crippen molar-refractivity contribution in [1.29, 1.82) is 0 Å². The number of hydrogen-bond acceptors (Lipinski definition) is 4. The van der Waals surface area contributed by atoms with Crippen LogP contribution in [0.15, 0.2) is 0 Å². The van der Waals surface area contributed by atoms with Crippen molar-refractivity contribution < 1.29 is 8.42 Å². The van der Waals surface area contributed by atoms with Gasteiger partial charge in [-0.05, 0) is 19.8 Å². The lowest BCUT2D eigenvalue weighted by molar-refractivity contribution is 0.0469. The van der Waals surface area contributed by atoms with E-state index >= 15 is 0 Å². The molecule has 0 amide bonds. The first kappa shape index (κ1) is 16.2. The molecule has 0 aromatic heterocycles. The molecule has 0 bridgehead atoms. The monoisotopic (exact) mass is 303 g/mol. The molecule has 0 aromatic rings. The zero-order valence-corrected chi connectivity index (χ0v) is 13.5. The van der Waals surface area contributed by atoms with Gasteiger partial charge in [-0.15, -0.1) is 0 Å². The summed E-state index contributed by atoms with van der Waals surface area (Å²) in [5.41, 5.74) is 6.24. The number of hydrogen-bond donors (Lipinski definition) is 1. The van der Waals surface area contributed by atoms with E-state index in [1.54, 1.807) is 11.2 Å².